The summed E-state index contributed by atoms with van der Waals surface area (Å²) in [6.07, 6.45) is 2.27. The van der Waals surface area contributed by atoms with E-state index in [1.54, 1.807) is 46.9 Å². The van der Waals surface area contributed by atoms with Gasteiger partial charge in [0.25, 0.3) is 11.8 Å². The van der Waals surface area contributed by atoms with E-state index in [-0.39, 0.29) is 11.8 Å². The zero-order valence-corrected chi connectivity index (χ0v) is 17.8. The smallest absolute Gasteiger partial charge is 0.258 e. The molecule has 1 aromatic carbocycles. The van der Waals surface area contributed by atoms with E-state index in [1.165, 1.54) is 6.20 Å². The number of aromatic nitrogens is 3. The Bertz CT molecular complexity index is 1140. The summed E-state index contributed by atoms with van der Waals surface area (Å²) in [6, 6.07) is 8.34. The Labute approximate surface area is 185 Å². The van der Waals surface area contributed by atoms with Gasteiger partial charge < -0.3 is 20.5 Å². The van der Waals surface area contributed by atoms with Crippen LogP contribution >= 0.6 is 0 Å². The van der Waals surface area contributed by atoms with Crippen LogP contribution in [0.1, 0.15) is 33.6 Å². The molecule has 1 atom stereocenters. The summed E-state index contributed by atoms with van der Waals surface area (Å²) in [5, 5.41) is 12.5. The van der Waals surface area contributed by atoms with E-state index in [0.29, 0.717) is 73.0 Å². The van der Waals surface area contributed by atoms with Crippen molar-refractivity contribution in [2.24, 2.45) is 0 Å². The number of carbonyl (C=O) groups is 2. The number of fused-ring (bicyclic) bond motifs is 1. The van der Waals surface area contributed by atoms with Crippen LogP contribution in [0.25, 0.3) is 11.2 Å². The number of aryl methyl sites for hydroxylation is 1. The normalized spacial score (nSPS) is 15.9. The van der Waals surface area contributed by atoms with Crippen molar-refractivity contribution in [3.63, 3.8) is 0 Å². The number of benzene rings is 1. The van der Waals surface area contributed by atoms with Gasteiger partial charge >= 0.3 is 0 Å². The van der Waals surface area contributed by atoms with E-state index in [0.717, 1.165) is 0 Å². The Morgan fingerprint density at radius 3 is 2.88 bits per heavy atom. The molecule has 1 saturated heterocycles. The third-order valence-electron chi connectivity index (χ3n) is 5.39. The monoisotopic (exact) mass is 438 g/mol. The van der Waals surface area contributed by atoms with Crippen LogP contribution in [0, 0.1) is 0 Å². The van der Waals surface area contributed by atoms with Gasteiger partial charge in [-0.3, -0.25) is 19.5 Å². The Morgan fingerprint density at radius 1 is 1.31 bits per heavy atom. The second-order valence-corrected chi connectivity index (χ2v) is 7.77. The van der Waals surface area contributed by atoms with Gasteiger partial charge in [-0.2, -0.15) is 0 Å². The van der Waals surface area contributed by atoms with Gasteiger partial charge in [-0.05, 0) is 37.1 Å². The summed E-state index contributed by atoms with van der Waals surface area (Å²) in [4.78, 5) is 36.1. The Balaban J connectivity index is 1.64. The molecule has 4 rings (SSSR count). The average molecular weight is 438 g/mol. The van der Waals surface area contributed by atoms with Crippen LogP contribution in [0.5, 0.6) is 0 Å². The van der Waals surface area contributed by atoms with E-state index in [9.17, 15) is 14.7 Å². The Kier molecular flexibility index (Phi) is 6.33. The number of aliphatic hydroxyl groups excluding tert-OH is 1. The number of pyridine rings is 1. The number of aliphatic hydroxyl groups is 1. The van der Waals surface area contributed by atoms with Crippen LogP contribution in [0.3, 0.4) is 0 Å². The molecule has 10 heteroatoms. The minimum absolute atomic E-state index is 0.199. The highest BCUT2D eigenvalue weighted by Gasteiger charge is 2.26. The maximum absolute atomic E-state index is 12.8. The summed E-state index contributed by atoms with van der Waals surface area (Å²) in [5.74, 6) is -0.213. The molecule has 0 unspecified atom stereocenters. The molecule has 0 saturated carbocycles. The molecule has 0 radical (unpaired) electrons. The van der Waals surface area contributed by atoms with Crippen molar-refractivity contribution in [3.8, 4) is 0 Å². The number of methoxy groups -OCH3 is 1. The standard InChI is InChI=1S/C22H26N6O4/c1-32-9-3-7-28-19-18(11-15(12-24-19)21(31)27-8-6-17(29)13-27)25-22(28)26-20(30)14-4-2-5-16(23)10-14/h2,4-5,10-12,17,29H,3,6-9,13,23H2,1H3,(H,25,26,30)/t17-/m1/s1. The number of β-amino-alcohol motifs (C(OH)–C–C–N with tert-alkyl or cyclic N) is 1. The zero-order chi connectivity index (χ0) is 22.7. The molecule has 0 bridgehead atoms. The molecule has 2 amide bonds. The largest absolute Gasteiger partial charge is 0.399 e. The van der Waals surface area contributed by atoms with Crippen LogP contribution in [0.4, 0.5) is 11.6 Å². The average Bonchev–Trinajstić information content (AvgIpc) is 3.36. The quantitative estimate of drug-likeness (QED) is 0.376. The van der Waals surface area contributed by atoms with Crippen LogP contribution < -0.4 is 11.1 Å². The van der Waals surface area contributed by atoms with Crippen molar-refractivity contribution in [1.29, 1.82) is 0 Å². The lowest BCUT2D eigenvalue weighted by atomic mass is 10.2. The molecule has 1 aliphatic heterocycles. The molecule has 4 N–H and O–H groups in total. The molecule has 1 aliphatic rings. The Morgan fingerprint density at radius 2 is 2.16 bits per heavy atom. The second kappa shape index (κ2) is 9.33. The number of carbonyl (C=O) groups excluding carboxylic acids is 2. The number of nitrogens with two attached hydrogens (primary N) is 1. The van der Waals surface area contributed by atoms with Crippen molar-refractivity contribution in [3.05, 3.63) is 47.7 Å². The molecule has 2 aromatic heterocycles. The SMILES string of the molecule is COCCCn1c(NC(=O)c2cccc(N)c2)nc2cc(C(=O)N3CC[C@@H](O)C3)cnc21. The van der Waals surface area contributed by atoms with E-state index in [4.69, 9.17) is 10.5 Å². The highest BCUT2D eigenvalue weighted by molar-refractivity contribution is 6.04. The first-order chi connectivity index (χ1) is 15.5. The predicted octanol–water partition coefficient (Wildman–Crippen LogP) is 1.51. The van der Waals surface area contributed by atoms with E-state index < -0.39 is 6.10 Å². The molecular weight excluding hydrogens is 412 g/mol. The summed E-state index contributed by atoms with van der Waals surface area (Å²) < 4.78 is 6.94. The highest BCUT2D eigenvalue weighted by atomic mass is 16.5. The second-order valence-electron chi connectivity index (χ2n) is 7.77. The molecule has 3 heterocycles. The lowest BCUT2D eigenvalue weighted by Crippen LogP contribution is -2.29. The van der Waals surface area contributed by atoms with Crippen LogP contribution in [0.15, 0.2) is 36.5 Å². The van der Waals surface area contributed by atoms with Crippen molar-refractivity contribution in [1.82, 2.24) is 19.4 Å². The maximum Gasteiger partial charge on any atom is 0.258 e. The minimum Gasteiger partial charge on any atom is -0.399 e. The zero-order valence-electron chi connectivity index (χ0n) is 17.8. The number of amides is 2. The highest BCUT2D eigenvalue weighted by Crippen LogP contribution is 2.22. The van der Waals surface area contributed by atoms with Gasteiger partial charge in [0.2, 0.25) is 5.95 Å². The van der Waals surface area contributed by atoms with Gasteiger partial charge in [0.1, 0.15) is 5.52 Å². The Hall–Kier alpha value is -3.50. The first kappa shape index (κ1) is 21.7. The van der Waals surface area contributed by atoms with Gasteiger partial charge in [-0.1, -0.05) is 6.07 Å². The van der Waals surface area contributed by atoms with Gasteiger partial charge in [-0.25, -0.2) is 9.97 Å². The number of rotatable bonds is 7. The third kappa shape index (κ3) is 4.56. The van der Waals surface area contributed by atoms with Crippen molar-refractivity contribution >= 4 is 34.6 Å². The summed E-state index contributed by atoms with van der Waals surface area (Å²) in [7, 11) is 1.62. The van der Waals surface area contributed by atoms with E-state index >= 15 is 0 Å². The van der Waals surface area contributed by atoms with Gasteiger partial charge in [0.05, 0.1) is 11.7 Å². The number of nitrogens with zero attached hydrogens (tertiary/aromatic N) is 4. The topological polar surface area (TPSA) is 136 Å². The molecule has 32 heavy (non-hydrogen) atoms. The van der Waals surface area contributed by atoms with Gasteiger partial charge in [-0.15, -0.1) is 0 Å². The number of hydrogen-bond acceptors (Lipinski definition) is 7. The van der Waals surface area contributed by atoms with Crippen molar-refractivity contribution < 1.29 is 19.4 Å². The molecule has 3 aromatic rings. The van der Waals surface area contributed by atoms with Crippen molar-refractivity contribution in [2.75, 3.05) is 37.9 Å². The maximum atomic E-state index is 12.8. The number of imidazole rings is 1. The molecular formula is C22H26N6O4. The third-order valence-corrected chi connectivity index (χ3v) is 5.39. The van der Waals surface area contributed by atoms with Crippen LogP contribution in [-0.2, 0) is 11.3 Å². The minimum atomic E-state index is -0.496. The van der Waals surface area contributed by atoms with Crippen molar-refractivity contribution in [2.45, 2.75) is 25.5 Å². The number of anilines is 2. The fourth-order valence-electron chi connectivity index (χ4n) is 3.76. The molecule has 10 nitrogen and oxygen atoms in total. The number of ether oxygens (including phenoxy) is 1. The summed E-state index contributed by atoms with van der Waals surface area (Å²) in [6.45, 7) is 1.88. The first-order valence-electron chi connectivity index (χ1n) is 10.5. The summed E-state index contributed by atoms with van der Waals surface area (Å²) >= 11 is 0. The number of nitrogen functional groups attached to an aromatic ring is 1. The van der Waals surface area contributed by atoms with Gasteiger partial charge in [0, 0.05) is 50.8 Å². The summed E-state index contributed by atoms with van der Waals surface area (Å²) in [5.41, 5.74) is 8.14. The molecule has 0 spiro atoms. The fraction of sp³-hybridized carbons (Fsp3) is 0.364. The molecule has 168 valence electrons. The number of likely N-dealkylation sites (tertiary alicyclic amines) is 1. The number of hydrogen-bond donors (Lipinski definition) is 3. The predicted molar refractivity (Wildman–Crippen MR) is 119 cm³/mol. The van der Waals surface area contributed by atoms with Gasteiger partial charge in [0.15, 0.2) is 5.65 Å². The van der Waals surface area contributed by atoms with E-state index in [2.05, 4.69) is 15.3 Å². The fourth-order valence-corrected chi connectivity index (χ4v) is 3.76. The van der Waals surface area contributed by atoms with Crippen LogP contribution in [0.2, 0.25) is 0 Å². The van der Waals surface area contributed by atoms with Crippen LogP contribution in [-0.4, -0.2) is 69.3 Å². The molecule has 1 fully saturated rings. The molecule has 0 aliphatic carbocycles. The first-order valence-corrected chi connectivity index (χ1v) is 10.5. The lowest BCUT2D eigenvalue weighted by molar-refractivity contribution is 0.0764. The lowest BCUT2D eigenvalue weighted by Gasteiger charge is -2.15. The van der Waals surface area contributed by atoms with E-state index in [1.807, 2.05) is 0 Å². The number of nitrogens with one attached hydrogen (secondary N) is 1.